The van der Waals surface area contributed by atoms with Crippen LogP contribution in [0.2, 0.25) is 0 Å². The molecule has 1 aliphatic carbocycles. The van der Waals surface area contributed by atoms with Gasteiger partial charge in [0.2, 0.25) is 0 Å². The molecule has 0 heterocycles. The van der Waals surface area contributed by atoms with Gasteiger partial charge in [-0.2, -0.15) is 0 Å². The maximum Gasteiger partial charge on any atom is 0.0492 e. The van der Waals surface area contributed by atoms with Crippen molar-refractivity contribution in [3.05, 3.63) is 0 Å². The van der Waals surface area contributed by atoms with Gasteiger partial charge in [-0.05, 0) is 62.8 Å². The van der Waals surface area contributed by atoms with Gasteiger partial charge in [0.15, 0.2) is 0 Å². The van der Waals surface area contributed by atoms with Gasteiger partial charge < -0.3 is 5.32 Å². The highest BCUT2D eigenvalue weighted by molar-refractivity contribution is 6.24. The van der Waals surface area contributed by atoms with Gasteiger partial charge in [-0.25, -0.2) is 0 Å². The molecule has 1 nitrogen and oxygen atoms in total. The fourth-order valence-electron chi connectivity index (χ4n) is 4.48. The van der Waals surface area contributed by atoms with Crippen LogP contribution in [0.3, 0.4) is 0 Å². The zero-order valence-electron chi connectivity index (χ0n) is 15.4. The van der Waals surface area contributed by atoms with E-state index in [1.165, 1.54) is 6.42 Å². The summed E-state index contributed by atoms with van der Waals surface area (Å²) in [6.45, 7) is 21.1. The Labute approximate surface area is 132 Å². The van der Waals surface area contributed by atoms with Gasteiger partial charge in [0.1, 0.15) is 0 Å². The van der Waals surface area contributed by atoms with Gasteiger partial charge in [0.25, 0.3) is 0 Å². The lowest BCUT2D eigenvalue weighted by Gasteiger charge is -2.68. The first kappa shape index (κ1) is 18.3. The van der Waals surface area contributed by atoms with E-state index in [1.54, 1.807) is 0 Å². The first-order chi connectivity index (χ1) is 8.63. The topological polar surface area (TPSA) is 12.0 Å². The van der Waals surface area contributed by atoms with Gasteiger partial charge in [-0.15, -0.1) is 11.6 Å². The third-order valence-corrected chi connectivity index (χ3v) is 7.74. The maximum absolute atomic E-state index is 7.11. The minimum atomic E-state index is -0.223. The number of rotatable bonds is 5. The Bertz CT molecular complexity index is 368. The molecule has 3 atom stereocenters. The van der Waals surface area contributed by atoms with Crippen LogP contribution in [-0.4, -0.2) is 17.5 Å². The highest BCUT2D eigenvalue weighted by atomic mass is 35.5. The number of halogens is 1. The van der Waals surface area contributed by atoms with Crippen LogP contribution in [-0.2, 0) is 0 Å². The van der Waals surface area contributed by atoms with Crippen LogP contribution < -0.4 is 5.32 Å². The number of nitrogens with one attached hydrogen (secondary N) is 1. The summed E-state index contributed by atoms with van der Waals surface area (Å²) in [6.07, 6.45) is 2.23. The van der Waals surface area contributed by atoms with E-state index in [4.69, 9.17) is 11.6 Å². The molecule has 1 rings (SSSR count). The lowest BCUT2D eigenvalue weighted by Crippen LogP contribution is -2.63. The first-order valence-corrected chi connectivity index (χ1v) is 8.39. The average molecular weight is 302 g/mol. The highest BCUT2D eigenvalue weighted by Gasteiger charge is 2.64. The van der Waals surface area contributed by atoms with Crippen LogP contribution in [0, 0.1) is 22.2 Å². The molecule has 0 saturated heterocycles. The molecule has 120 valence electrons. The molecule has 0 aliphatic heterocycles. The minimum absolute atomic E-state index is 0.0621. The monoisotopic (exact) mass is 301 g/mol. The summed E-state index contributed by atoms with van der Waals surface area (Å²) in [6, 6.07) is 0. The Morgan fingerprint density at radius 2 is 1.55 bits per heavy atom. The van der Waals surface area contributed by atoms with Crippen molar-refractivity contribution >= 4 is 11.6 Å². The van der Waals surface area contributed by atoms with Crippen molar-refractivity contribution in [2.24, 2.45) is 22.2 Å². The van der Waals surface area contributed by atoms with Crippen LogP contribution in [0.25, 0.3) is 0 Å². The molecule has 1 saturated carbocycles. The molecular formula is C18H36ClN. The zero-order chi connectivity index (χ0) is 16.2. The molecule has 2 unspecified atom stereocenters. The largest absolute Gasteiger partial charge is 0.315 e. The molecule has 0 spiro atoms. The molecule has 0 aromatic rings. The zero-order valence-corrected chi connectivity index (χ0v) is 16.1. The molecule has 0 aromatic heterocycles. The quantitative estimate of drug-likeness (QED) is 0.664. The van der Waals surface area contributed by atoms with Crippen molar-refractivity contribution in [2.45, 2.75) is 85.6 Å². The molecular weight excluding hydrogens is 266 g/mol. The van der Waals surface area contributed by atoms with Crippen molar-refractivity contribution in [3.8, 4) is 0 Å². The SMILES string of the molecule is CNC(C)(C)CC(C)(Cl)C(C)(C)[C@@]1(C)CC(C)(C)C1C. The van der Waals surface area contributed by atoms with E-state index in [0.29, 0.717) is 16.7 Å². The second-order valence-electron chi connectivity index (χ2n) is 9.44. The average Bonchev–Trinajstić information content (AvgIpc) is 2.26. The standard InChI is InChI=1S/C18H36ClN/c1-13-14(2,3)11-17(13,8)16(6,7)18(9,19)12-15(4,5)20-10/h13,20H,11-12H2,1-10H3/t13?,17-,18?/m0/s1. The van der Waals surface area contributed by atoms with Gasteiger partial charge in [0.05, 0.1) is 0 Å². The first-order valence-electron chi connectivity index (χ1n) is 8.01. The van der Waals surface area contributed by atoms with Crippen molar-refractivity contribution in [1.82, 2.24) is 5.32 Å². The summed E-state index contributed by atoms with van der Waals surface area (Å²) in [5.74, 6) is 0.695. The van der Waals surface area contributed by atoms with Crippen LogP contribution >= 0.6 is 11.6 Å². The number of hydrogen-bond donors (Lipinski definition) is 1. The lowest BCUT2D eigenvalue weighted by atomic mass is 9.38. The van der Waals surface area contributed by atoms with E-state index in [1.807, 2.05) is 7.05 Å². The van der Waals surface area contributed by atoms with Gasteiger partial charge >= 0.3 is 0 Å². The van der Waals surface area contributed by atoms with E-state index >= 15 is 0 Å². The summed E-state index contributed by atoms with van der Waals surface area (Å²) in [5.41, 5.74) is 0.894. The fraction of sp³-hybridized carbons (Fsp3) is 1.00. The van der Waals surface area contributed by atoms with Gasteiger partial charge in [-0.1, -0.05) is 41.5 Å². The Morgan fingerprint density at radius 3 is 1.85 bits per heavy atom. The Morgan fingerprint density at radius 1 is 1.10 bits per heavy atom. The molecule has 2 heteroatoms. The Hall–Kier alpha value is 0.250. The summed E-state index contributed by atoms with van der Waals surface area (Å²) in [5, 5.41) is 3.40. The molecule has 1 aliphatic rings. The fourth-order valence-corrected chi connectivity index (χ4v) is 5.03. The van der Waals surface area contributed by atoms with Crippen LogP contribution in [0.5, 0.6) is 0 Å². The molecule has 0 amide bonds. The van der Waals surface area contributed by atoms with Crippen molar-refractivity contribution < 1.29 is 0 Å². The number of hydrogen-bond acceptors (Lipinski definition) is 1. The second kappa shape index (κ2) is 4.88. The summed E-state index contributed by atoms with van der Waals surface area (Å²) < 4.78 is 0. The lowest BCUT2D eigenvalue weighted by molar-refractivity contribution is -0.170. The maximum atomic E-state index is 7.11. The predicted octanol–water partition coefficient (Wildman–Crippen LogP) is 5.47. The van der Waals surface area contributed by atoms with Crippen molar-refractivity contribution in [3.63, 3.8) is 0 Å². The molecule has 1 N–H and O–H groups in total. The van der Waals surface area contributed by atoms with E-state index < -0.39 is 0 Å². The van der Waals surface area contributed by atoms with Crippen molar-refractivity contribution in [2.75, 3.05) is 7.05 Å². The van der Waals surface area contributed by atoms with E-state index in [9.17, 15) is 0 Å². The van der Waals surface area contributed by atoms with Crippen LogP contribution in [0.4, 0.5) is 0 Å². The summed E-state index contributed by atoms with van der Waals surface area (Å²) in [7, 11) is 2.02. The predicted molar refractivity (Wildman–Crippen MR) is 91.5 cm³/mol. The van der Waals surface area contributed by atoms with E-state index in [2.05, 4.69) is 67.6 Å². The van der Waals surface area contributed by atoms with Crippen LogP contribution in [0.15, 0.2) is 0 Å². The van der Waals surface area contributed by atoms with E-state index in [0.717, 1.165) is 6.42 Å². The van der Waals surface area contributed by atoms with Crippen LogP contribution in [0.1, 0.15) is 75.2 Å². The van der Waals surface area contributed by atoms with Gasteiger partial charge in [-0.3, -0.25) is 0 Å². The third-order valence-electron chi connectivity index (χ3n) is 7.13. The Balaban J connectivity index is 3.04. The Kier molecular flexibility index (Phi) is 4.46. The van der Waals surface area contributed by atoms with Gasteiger partial charge in [0, 0.05) is 10.4 Å². The highest BCUT2D eigenvalue weighted by Crippen LogP contribution is 2.69. The number of alkyl halides is 1. The minimum Gasteiger partial charge on any atom is -0.315 e. The smallest absolute Gasteiger partial charge is 0.0492 e. The summed E-state index contributed by atoms with van der Waals surface area (Å²) >= 11 is 7.11. The third kappa shape index (κ3) is 2.65. The molecule has 0 radical (unpaired) electrons. The second-order valence-corrected chi connectivity index (χ2v) is 10.3. The molecule has 0 aromatic carbocycles. The normalized spacial score (nSPS) is 33.5. The van der Waals surface area contributed by atoms with E-state index in [-0.39, 0.29) is 15.8 Å². The molecule has 1 fully saturated rings. The molecule has 20 heavy (non-hydrogen) atoms. The van der Waals surface area contributed by atoms with Crippen molar-refractivity contribution in [1.29, 1.82) is 0 Å². The summed E-state index contributed by atoms with van der Waals surface area (Å²) in [4.78, 5) is -0.223. The molecule has 0 bridgehead atoms.